The van der Waals surface area contributed by atoms with Gasteiger partial charge in [-0.05, 0) is 38.6 Å². The third-order valence-corrected chi connectivity index (χ3v) is 4.73. The molecule has 0 saturated heterocycles. The Morgan fingerprint density at radius 2 is 1.83 bits per heavy atom. The van der Waals surface area contributed by atoms with E-state index >= 15 is 0 Å². The summed E-state index contributed by atoms with van der Waals surface area (Å²) in [5, 5.41) is 12.6. The van der Waals surface area contributed by atoms with Crippen LogP contribution in [-0.4, -0.2) is 40.5 Å². The number of aromatic nitrogens is 3. The van der Waals surface area contributed by atoms with E-state index in [4.69, 9.17) is 13.7 Å². The zero-order valence-corrected chi connectivity index (χ0v) is 17.3. The van der Waals surface area contributed by atoms with E-state index in [1.54, 1.807) is 0 Å². The highest BCUT2D eigenvalue weighted by atomic mass is 16.5. The number of ether oxygens (including phenoxy) is 1. The predicted octanol–water partition coefficient (Wildman–Crippen LogP) is 4.52. The molecule has 7 heteroatoms. The van der Waals surface area contributed by atoms with Gasteiger partial charge in [-0.2, -0.15) is 0 Å². The first kappa shape index (κ1) is 19.8. The molecule has 0 spiro atoms. The fraction of sp³-hybridized carbons (Fsp3) is 0.261. The van der Waals surface area contributed by atoms with Gasteiger partial charge in [0.1, 0.15) is 29.4 Å². The molecule has 0 aliphatic rings. The van der Waals surface area contributed by atoms with Crippen LogP contribution in [0.4, 0.5) is 0 Å². The second kappa shape index (κ2) is 8.92. The molecule has 30 heavy (non-hydrogen) atoms. The van der Waals surface area contributed by atoms with Crippen LogP contribution in [0.2, 0.25) is 0 Å². The zero-order valence-electron chi connectivity index (χ0n) is 17.3. The molecule has 0 amide bonds. The van der Waals surface area contributed by atoms with Gasteiger partial charge >= 0.3 is 0 Å². The van der Waals surface area contributed by atoms with Gasteiger partial charge in [-0.15, -0.1) is 10.2 Å². The smallest absolute Gasteiger partial charge is 0.253 e. The van der Waals surface area contributed by atoms with Gasteiger partial charge in [-0.25, -0.2) is 0 Å². The molecule has 0 aliphatic heterocycles. The van der Waals surface area contributed by atoms with Crippen LogP contribution in [0.15, 0.2) is 63.5 Å². The highest BCUT2D eigenvalue weighted by Crippen LogP contribution is 2.33. The van der Waals surface area contributed by atoms with E-state index in [1.807, 2.05) is 75.5 Å². The van der Waals surface area contributed by atoms with Crippen molar-refractivity contribution >= 4 is 0 Å². The van der Waals surface area contributed by atoms with Gasteiger partial charge in [-0.1, -0.05) is 47.6 Å². The second-order valence-corrected chi connectivity index (χ2v) is 7.23. The summed E-state index contributed by atoms with van der Waals surface area (Å²) in [7, 11) is 1.99. The van der Waals surface area contributed by atoms with E-state index in [0.717, 1.165) is 23.4 Å². The normalized spacial score (nSPS) is 11.2. The molecule has 4 aromatic rings. The molecule has 0 fully saturated rings. The summed E-state index contributed by atoms with van der Waals surface area (Å²) < 4.78 is 17.1. The summed E-state index contributed by atoms with van der Waals surface area (Å²) in [6, 6.07) is 17.8. The molecule has 4 rings (SSSR count). The lowest BCUT2D eigenvalue weighted by atomic mass is 10.1. The average molecular weight is 404 g/mol. The van der Waals surface area contributed by atoms with Crippen LogP contribution in [0.3, 0.4) is 0 Å². The largest absolute Gasteiger partial charge is 0.492 e. The summed E-state index contributed by atoms with van der Waals surface area (Å²) in [6.07, 6.45) is 0. The maximum Gasteiger partial charge on any atom is 0.253 e. The van der Waals surface area contributed by atoms with Crippen molar-refractivity contribution in [3.05, 3.63) is 71.8 Å². The number of hydrogen-bond acceptors (Lipinski definition) is 7. The first-order chi connectivity index (χ1) is 14.6. The maximum atomic E-state index is 5.92. The lowest BCUT2D eigenvalue weighted by Crippen LogP contribution is -2.24. The maximum absolute atomic E-state index is 5.92. The fourth-order valence-corrected chi connectivity index (χ4v) is 3.17. The quantitative estimate of drug-likeness (QED) is 0.427. The van der Waals surface area contributed by atoms with Crippen LogP contribution >= 0.6 is 0 Å². The molecule has 2 aromatic carbocycles. The first-order valence-electron chi connectivity index (χ1n) is 9.82. The van der Waals surface area contributed by atoms with Crippen LogP contribution in [0.1, 0.15) is 17.2 Å². The lowest BCUT2D eigenvalue weighted by molar-refractivity contribution is 0.220. The number of aryl methyl sites for hydroxylation is 2. The standard InChI is InChI=1S/C23H24N4O3/c1-16-8-7-11-19(14-16)28-13-12-27(3)15-20-24-25-23(29-20)21-17(2)30-26-22(21)18-9-5-4-6-10-18/h4-11,14H,12-13,15H2,1-3H3. The Balaban J connectivity index is 1.39. The van der Waals surface area contributed by atoms with Gasteiger partial charge in [-0.3, -0.25) is 4.90 Å². The first-order valence-corrected chi connectivity index (χ1v) is 9.82. The van der Waals surface area contributed by atoms with Crippen LogP contribution in [0.5, 0.6) is 5.75 Å². The van der Waals surface area contributed by atoms with Crippen LogP contribution < -0.4 is 4.74 Å². The van der Waals surface area contributed by atoms with Crippen LogP contribution in [-0.2, 0) is 6.54 Å². The van der Waals surface area contributed by atoms with Gasteiger partial charge in [0.05, 0.1) is 6.54 Å². The summed E-state index contributed by atoms with van der Waals surface area (Å²) >= 11 is 0. The number of hydrogen-bond donors (Lipinski definition) is 0. The Morgan fingerprint density at radius 3 is 2.63 bits per heavy atom. The summed E-state index contributed by atoms with van der Waals surface area (Å²) in [4.78, 5) is 2.08. The Bertz CT molecular complexity index is 1100. The van der Waals surface area contributed by atoms with Crippen molar-refractivity contribution in [3.63, 3.8) is 0 Å². The van der Waals surface area contributed by atoms with E-state index in [9.17, 15) is 0 Å². The van der Waals surface area contributed by atoms with E-state index in [-0.39, 0.29) is 0 Å². The number of rotatable bonds is 8. The monoisotopic (exact) mass is 404 g/mol. The minimum absolute atomic E-state index is 0.409. The van der Waals surface area contributed by atoms with Gasteiger partial charge in [0, 0.05) is 12.1 Å². The molecule has 2 aromatic heterocycles. The molecule has 0 atom stereocenters. The highest BCUT2D eigenvalue weighted by molar-refractivity contribution is 5.77. The Labute approximate surface area is 175 Å². The van der Waals surface area contributed by atoms with Crippen LogP contribution in [0, 0.1) is 13.8 Å². The van der Waals surface area contributed by atoms with Crippen molar-refractivity contribution in [1.82, 2.24) is 20.3 Å². The van der Waals surface area contributed by atoms with Crippen molar-refractivity contribution in [2.75, 3.05) is 20.2 Å². The Kier molecular flexibility index (Phi) is 5.90. The van der Waals surface area contributed by atoms with Crippen molar-refractivity contribution in [1.29, 1.82) is 0 Å². The van der Waals surface area contributed by atoms with Crippen LogP contribution in [0.25, 0.3) is 22.7 Å². The van der Waals surface area contributed by atoms with E-state index in [2.05, 4.69) is 20.3 Å². The molecule has 0 bridgehead atoms. The molecule has 154 valence electrons. The fourth-order valence-electron chi connectivity index (χ4n) is 3.17. The average Bonchev–Trinajstić information content (AvgIpc) is 3.35. The number of benzene rings is 2. The summed E-state index contributed by atoms with van der Waals surface area (Å²) in [5.74, 6) is 2.46. The third kappa shape index (κ3) is 4.58. The summed E-state index contributed by atoms with van der Waals surface area (Å²) in [6.45, 7) is 5.71. The van der Waals surface area contributed by atoms with Gasteiger partial charge < -0.3 is 13.7 Å². The molecular formula is C23H24N4O3. The number of nitrogens with zero attached hydrogens (tertiary/aromatic N) is 4. The number of likely N-dealkylation sites (N-methyl/N-ethyl adjacent to an activating group) is 1. The molecule has 0 aliphatic carbocycles. The van der Waals surface area contributed by atoms with Crippen molar-refractivity contribution in [2.24, 2.45) is 0 Å². The van der Waals surface area contributed by atoms with Gasteiger partial charge in [0.2, 0.25) is 5.89 Å². The van der Waals surface area contributed by atoms with E-state index in [1.165, 1.54) is 5.56 Å². The third-order valence-electron chi connectivity index (χ3n) is 4.73. The molecule has 0 N–H and O–H groups in total. The molecule has 7 nitrogen and oxygen atoms in total. The second-order valence-electron chi connectivity index (χ2n) is 7.23. The van der Waals surface area contributed by atoms with Crippen molar-refractivity contribution < 1.29 is 13.7 Å². The predicted molar refractivity (Wildman–Crippen MR) is 113 cm³/mol. The minimum atomic E-state index is 0.409. The Hall–Kier alpha value is -3.45. The molecule has 0 radical (unpaired) electrons. The lowest BCUT2D eigenvalue weighted by Gasteiger charge is -2.14. The molecule has 0 unspecified atom stereocenters. The minimum Gasteiger partial charge on any atom is -0.492 e. The highest BCUT2D eigenvalue weighted by Gasteiger charge is 2.22. The zero-order chi connectivity index (χ0) is 20.9. The van der Waals surface area contributed by atoms with Gasteiger partial charge in [0.25, 0.3) is 5.89 Å². The molecule has 0 saturated carbocycles. The van der Waals surface area contributed by atoms with Crippen molar-refractivity contribution in [3.8, 4) is 28.5 Å². The van der Waals surface area contributed by atoms with E-state index < -0.39 is 0 Å². The topological polar surface area (TPSA) is 77.4 Å². The van der Waals surface area contributed by atoms with Crippen molar-refractivity contribution in [2.45, 2.75) is 20.4 Å². The molecular weight excluding hydrogens is 380 g/mol. The molecule has 2 heterocycles. The summed E-state index contributed by atoms with van der Waals surface area (Å²) in [5.41, 5.74) is 3.54. The SMILES string of the molecule is Cc1cccc(OCCN(C)Cc2nnc(-c3c(-c4ccccc4)noc3C)o2)c1. The van der Waals surface area contributed by atoms with Gasteiger partial charge in [0.15, 0.2) is 0 Å². The van der Waals surface area contributed by atoms with E-state index in [0.29, 0.717) is 36.4 Å². The Morgan fingerprint density at radius 1 is 1.00 bits per heavy atom.